The number of rotatable bonds is 10. The van der Waals surface area contributed by atoms with Crippen LogP contribution in [0.3, 0.4) is 0 Å². The molecule has 44 heavy (non-hydrogen) atoms. The molecule has 0 spiro atoms. The van der Waals surface area contributed by atoms with Gasteiger partial charge in [0.15, 0.2) is 0 Å². The molecule has 2 aliphatic rings. The summed E-state index contributed by atoms with van der Waals surface area (Å²) in [5.74, 6) is 0. The summed E-state index contributed by atoms with van der Waals surface area (Å²) in [5.41, 5.74) is 5.35. The fourth-order valence-corrected chi connectivity index (χ4v) is 31.7. The van der Waals surface area contributed by atoms with Gasteiger partial charge in [-0.1, -0.05) is 107 Å². The van der Waals surface area contributed by atoms with Gasteiger partial charge in [-0.05, 0) is 77.9 Å². The van der Waals surface area contributed by atoms with Crippen molar-refractivity contribution in [2.24, 2.45) is 0 Å². The Labute approximate surface area is 283 Å². The van der Waals surface area contributed by atoms with E-state index in [0.29, 0.717) is 33.2 Å². The van der Waals surface area contributed by atoms with Gasteiger partial charge in [-0.3, -0.25) is 9.59 Å². The lowest BCUT2D eigenvalue weighted by atomic mass is 10.1. The summed E-state index contributed by atoms with van der Waals surface area (Å²) in [6, 6.07) is 13.3. The number of benzene rings is 1. The first-order valence-corrected chi connectivity index (χ1v) is 23.9. The van der Waals surface area contributed by atoms with Crippen LogP contribution in [-0.4, -0.2) is 26.4 Å². The smallest absolute Gasteiger partial charge is 0.226 e. The molecule has 0 unspecified atom stereocenters. The summed E-state index contributed by atoms with van der Waals surface area (Å²) in [6.07, 6.45) is 0. The molecule has 0 bridgehead atoms. The van der Waals surface area contributed by atoms with Crippen molar-refractivity contribution in [2.45, 2.75) is 126 Å². The van der Waals surface area contributed by atoms with Crippen molar-refractivity contribution in [3.63, 3.8) is 0 Å². The predicted octanol–water partition coefficient (Wildman–Crippen LogP) is 9.24. The average Bonchev–Trinajstić information content (AvgIpc) is 3.68. The minimum absolute atomic E-state index is 0.106. The van der Waals surface area contributed by atoms with Crippen LogP contribution in [0.25, 0.3) is 11.1 Å². The Hall–Kier alpha value is -1.17. The van der Waals surface area contributed by atoms with Crippen LogP contribution in [0.2, 0.25) is 33.2 Å². The maximum Gasteiger partial charge on any atom is 0.226 e. The minimum Gasteiger partial charge on any atom is -0.281 e. The lowest BCUT2D eigenvalue weighted by Crippen LogP contribution is -2.54. The largest absolute Gasteiger partial charge is 0.281 e. The molecule has 0 fully saturated rings. The van der Waals surface area contributed by atoms with Gasteiger partial charge >= 0.3 is 0 Å². The van der Waals surface area contributed by atoms with E-state index in [9.17, 15) is 9.59 Å². The molecule has 5 rings (SSSR count). The van der Waals surface area contributed by atoms with Crippen molar-refractivity contribution in [3.05, 3.63) is 56.6 Å². The van der Waals surface area contributed by atoms with Gasteiger partial charge in [0.25, 0.3) is 0 Å². The van der Waals surface area contributed by atoms with Crippen LogP contribution in [-0.2, 0) is 9.59 Å². The molecule has 2 nitrogen and oxygen atoms in total. The highest BCUT2D eigenvalue weighted by Crippen LogP contribution is 2.46. The Morgan fingerprint density at radius 3 is 1.02 bits per heavy atom. The fourth-order valence-electron chi connectivity index (χ4n) is 9.25. The summed E-state index contributed by atoms with van der Waals surface area (Å²) in [7, 11) is -3.63. The lowest BCUT2D eigenvalue weighted by molar-refractivity contribution is -0.107. The Morgan fingerprint density at radius 2 is 0.750 bits per heavy atom. The quantitative estimate of drug-likeness (QED) is 0.198. The molecule has 0 N–H and O–H groups in total. The van der Waals surface area contributed by atoms with Crippen molar-refractivity contribution in [2.75, 3.05) is 0 Å². The van der Waals surface area contributed by atoms with Crippen LogP contribution in [0.15, 0.2) is 46.2 Å². The van der Waals surface area contributed by atoms with Crippen LogP contribution in [0.5, 0.6) is 0 Å². The molecule has 2 aliphatic heterocycles. The number of carbonyl (C=O) groups is 2. The van der Waals surface area contributed by atoms with E-state index in [0.717, 1.165) is 41.1 Å². The van der Waals surface area contributed by atoms with Gasteiger partial charge in [-0.2, -0.15) is 0 Å². The highest BCUT2D eigenvalue weighted by atomic mass is 32.2. The highest BCUT2D eigenvalue weighted by Gasteiger charge is 2.47. The zero-order chi connectivity index (χ0) is 32.5. The Morgan fingerprint density at radius 1 is 0.455 bits per heavy atom. The second kappa shape index (κ2) is 12.5. The molecule has 4 heterocycles. The number of thiophene rings is 2. The maximum atomic E-state index is 13.7. The van der Waals surface area contributed by atoms with E-state index in [1.165, 1.54) is 32.5 Å². The van der Waals surface area contributed by atoms with Crippen LogP contribution >= 0.6 is 46.2 Å². The third kappa shape index (κ3) is 5.00. The molecule has 0 atom stereocenters. The average molecular weight is 697 g/mol. The van der Waals surface area contributed by atoms with Crippen LogP contribution in [0, 0.1) is 0 Å². The lowest BCUT2D eigenvalue weighted by Gasteiger charge is -2.42. The molecule has 0 saturated carbocycles. The molecular weight excluding hydrogens is 649 g/mol. The number of carbonyl (C=O) groups excluding carboxylic acids is 2. The van der Waals surface area contributed by atoms with Gasteiger partial charge in [0.05, 0.1) is 11.1 Å². The topological polar surface area (TPSA) is 34.1 Å². The minimum atomic E-state index is -1.81. The number of hydrogen-bond donors (Lipinski definition) is 0. The standard InChI is InChI=1S/C36H48O2S4Si2/c1-19(2)43(20(3)4,21(5)6)29-17-15-27(39-29)31-25-13-14-26-32(36(38)42-34(26)33(25)41-35(31)37)28-16-18-30(40-28)44(22(7)8,23(9)10)24(11)12/h13-24H,1-12H3. The molecule has 3 aromatic rings. The van der Waals surface area contributed by atoms with Gasteiger partial charge in [0.2, 0.25) is 10.2 Å². The van der Waals surface area contributed by atoms with Crippen molar-refractivity contribution in [3.8, 4) is 0 Å². The first kappa shape index (κ1) is 34.2. The Kier molecular flexibility index (Phi) is 9.67. The number of thioether (sulfide) groups is 2. The zero-order valence-corrected chi connectivity index (χ0v) is 33.6. The SMILES string of the molecule is CC(C)[Si](c1ccc(C2=c3ccc4c(c3SC2=O)SC(=O)C=4c2ccc([Si](C(C)C)(C(C)C)C(C)C)s2)s1)(C(C)C)C(C)C. The Bertz CT molecular complexity index is 1570. The van der Waals surface area contributed by atoms with Gasteiger partial charge in [0.1, 0.15) is 16.1 Å². The number of fused-ring (bicyclic) bond motifs is 3. The molecule has 0 radical (unpaired) electrons. The van der Waals surface area contributed by atoms with E-state index in [2.05, 4.69) is 119 Å². The predicted molar refractivity (Wildman–Crippen MR) is 202 cm³/mol. The van der Waals surface area contributed by atoms with Gasteiger partial charge in [-0.15, -0.1) is 22.7 Å². The molecule has 236 valence electrons. The highest BCUT2D eigenvalue weighted by molar-refractivity contribution is 8.18. The monoisotopic (exact) mass is 696 g/mol. The van der Waals surface area contributed by atoms with Gasteiger partial charge < -0.3 is 0 Å². The van der Waals surface area contributed by atoms with Crippen molar-refractivity contribution in [1.29, 1.82) is 0 Å². The van der Waals surface area contributed by atoms with Crippen molar-refractivity contribution in [1.82, 2.24) is 0 Å². The first-order chi connectivity index (χ1) is 20.6. The molecule has 2 aromatic heterocycles. The maximum absolute atomic E-state index is 13.7. The van der Waals surface area contributed by atoms with Crippen LogP contribution < -0.4 is 19.4 Å². The second-order valence-electron chi connectivity index (χ2n) is 14.5. The van der Waals surface area contributed by atoms with Gasteiger partial charge in [0, 0.05) is 30.0 Å². The first-order valence-electron chi connectivity index (χ1n) is 16.2. The molecule has 0 aliphatic carbocycles. The van der Waals surface area contributed by atoms with E-state index < -0.39 is 16.1 Å². The summed E-state index contributed by atoms with van der Waals surface area (Å²) in [4.78, 5) is 31.5. The normalized spacial score (nSPS) is 15.9. The molecule has 0 saturated heterocycles. The third-order valence-corrected chi connectivity index (χ3v) is 31.0. The third-order valence-electron chi connectivity index (χ3n) is 10.7. The summed E-state index contributed by atoms with van der Waals surface area (Å²) in [5, 5.41) is 2.21. The summed E-state index contributed by atoms with van der Waals surface area (Å²) in [6.45, 7) is 28.7. The molecule has 8 heteroatoms. The van der Waals surface area contributed by atoms with Gasteiger partial charge in [-0.25, -0.2) is 0 Å². The van der Waals surface area contributed by atoms with Crippen LogP contribution in [0.4, 0.5) is 0 Å². The summed E-state index contributed by atoms with van der Waals surface area (Å²) >= 11 is 6.34. The molecule has 0 amide bonds. The summed E-state index contributed by atoms with van der Waals surface area (Å²) < 4.78 is 3.01. The molecule has 1 aromatic carbocycles. The fraction of sp³-hybridized carbons (Fsp3) is 0.500. The van der Waals surface area contributed by atoms with Crippen LogP contribution in [0.1, 0.15) is 92.8 Å². The van der Waals surface area contributed by atoms with Crippen molar-refractivity contribution < 1.29 is 9.59 Å². The Balaban J connectivity index is 1.65. The van der Waals surface area contributed by atoms with E-state index in [4.69, 9.17) is 0 Å². The van der Waals surface area contributed by atoms with E-state index in [-0.39, 0.29) is 10.2 Å². The van der Waals surface area contributed by atoms with Crippen molar-refractivity contribution >= 4 is 92.7 Å². The van der Waals surface area contributed by atoms with E-state index in [1.54, 1.807) is 0 Å². The number of hydrogen-bond acceptors (Lipinski definition) is 6. The van der Waals surface area contributed by atoms with E-state index in [1.807, 2.05) is 22.7 Å². The zero-order valence-electron chi connectivity index (χ0n) is 28.4. The molecular formula is C36H48O2S4Si2. The van der Waals surface area contributed by atoms with E-state index >= 15 is 0 Å². The second-order valence-corrected chi connectivity index (χ2v) is 31.1.